The molecular weight excluding hydrogens is 487 g/mol. The number of guanidine groups is 1. The van der Waals surface area contributed by atoms with E-state index in [2.05, 4.69) is 52.0 Å². The van der Waals surface area contributed by atoms with Gasteiger partial charge in [0.15, 0.2) is 17.5 Å². The highest BCUT2D eigenvalue weighted by atomic mass is 127. The maximum Gasteiger partial charge on any atom is 0.191 e. The molecule has 3 rings (SSSR count). The Morgan fingerprint density at radius 3 is 2.64 bits per heavy atom. The molecule has 2 N–H and O–H groups in total. The van der Waals surface area contributed by atoms with Crippen LogP contribution in [-0.4, -0.2) is 44.3 Å². The lowest BCUT2D eigenvalue weighted by Gasteiger charge is -2.28. The van der Waals surface area contributed by atoms with Crippen LogP contribution in [0.5, 0.6) is 11.5 Å². The van der Waals surface area contributed by atoms with Gasteiger partial charge in [-0.15, -0.1) is 35.3 Å². The largest absolute Gasteiger partial charge is 0.486 e. The summed E-state index contributed by atoms with van der Waals surface area (Å²) in [7, 11) is 1.79. The summed E-state index contributed by atoms with van der Waals surface area (Å²) < 4.78 is 11.3. The third kappa shape index (κ3) is 5.97. The molecule has 0 saturated carbocycles. The Morgan fingerprint density at radius 1 is 1.21 bits per heavy atom. The zero-order valence-corrected chi connectivity index (χ0v) is 20.0. The summed E-state index contributed by atoms with van der Waals surface area (Å²) in [4.78, 5) is 8.81. The summed E-state index contributed by atoms with van der Waals surface area (Å²) in [5, 5.41) is 10.0. The van der Waals surface area contributed by atoms with Crippen molar-refractivity contribution in [2.75, 3.05) is 33.4 Å². The van der Waals surface area contributed by atoms with Gasteiger partial charge in [0.1, 0.15) is 13.2 Å². The van der Waals surface area contributed by atoms with Crippen molar-refractivity contribution >= 4 is 41.3 Å². The third-order valence-electron chi connectivity index (χ3n) is 4.59. The van der Waals surface area contributed by atoms with E-state index in [0.29, 0.717) is 13.2 Å². The van der Waals surface area contributed by atoms with Crippen LogP contribution in [0.2, 0.25) is 0 Å². The van der Waals surface area contributed by atoms with E-state index in [4.69, 9.17) is 9.47 Å². The number of fused-ring (bicyclic) bond motifs is 1. The summed E-state index contributed by atoms with van der Waals surface area (Å²) in [5.41, 5.74) is 2.24. The molecule has 1 aliphatic rings. The van der Waals surface area contributed by atoms with Gasteiger partial charge in [-0.2, -0.15) is 0 Å². The molecule has 1 aromatic heterocycles. The normalized spacial score (nSPS) is 13.6. The second-order valence-electron chi connectivity index (χ2n) is 7.20. The fourth-order valence-electron chi connectivity index (χ4n) is 2.92. The van der Waals surface area contributed by atoms with Crippen LogP contribution in [0.3, 0.4) is 0 Å². The molecule has 0 bridgehead atoms. The molecule has 6 nitrogen and oxygen atoms in total. The van der Waals surface area contributed by atoms with E-state index in [9.17, 15) is 0 Å². The Labute approximate surface area is 188 Å². The second kappa shape index (κ2) is 10.3. The first-order valence-electron chi connectivity index (χ1n) is 9.23. The fraction of sp³-hybridized carbons (Fsp3) is 0.500. The predicted octanol–water partition coefficient (Wildman–Crippen LogP) is 3.53. The zero-order chi connectivity index (χ0) is 19.3. The van der Waals surface area contributed by atoms with E-state index in [0.717, 1.165) is 47.7 Å². The maximum absolute atomic E-state index is 5.72. The van der Waals surface area contributed by atoms with Crippen LogP contribution < -0.4 is 20.1 Å². The molecule has 0 fully saturated rings. The first kappa shape index (κ1) is 22.7. The predicted molar refractivity (Wildman–Crippen MR) is 126 cm³/mol. The standard InChI is InChI=1S/C20H28N4O2S.HI/c1-14-24-16(12-27-14)7-8-22-19(21-4)23-13-20(2,3)15-5-6-17-18(11-15)26-10-9-25-17;/h5-6,11-12H,7-10,13H2,1-4H3,(H2,21,22,23);1H. The van der Waals surface area contributed by atoms with E-state index in [1.165, 1.54) is 5.56 Å². The average molecular weight is 516 g/mol. The molecule has 0 spiro atoms. The van der Waals surface area contributed by atoms with Crippen LogP contribution in [0.4, 0.5) is 0 Å². The van der Waals surface area contributed by atoms with Crippen LogP contribution in [0.15, 0.2) is 28.6 Å². The summed E-state index contributed by atoms with van der Waals surface area (Å²) >= 11 is 1.69. The van der Waals surface area contributed by atoms with Crippen molar-refractivity contribution in [3.63, 3.8) is 0 Å². The first-order valence-corrected chi connectivity index (χ1v) is 10.1. The van der Waals surface area contributed by atoms with Crippen LogP contribution in [0.25, 0.3) is 0 Å². The molecule has 0 unspecified atom stereocenters. The Morgan fingerprint density at radius 2 is 1.96 bits per heavy atom. The van der Waals surface area contributed by atoms with E-state index < -0.39 is 0 Å². The maximum atomic E-state index is 5.72. The zero-order valence-electron chi connectivity index (χ0n) is 16.9. The Kier molecular flexibility index (Phi) is 8.36. The van der Waals surface area contributed by atoms with Crippen LogP contribution in [0, 0.1) is 6.92 Å². The highest BCUT2D eigenvalue weighted by Crippen LogP contribution is 2.34. The quantitative estimate of drug-likeness (QED) is 0.350. The van der Waals surface area contributed by atoms with Crippen molar-refractivity contribution in [1.82, 2.24) is 15.6 Å². The van der Waals surface area contributed by atoms with Gasteiger partial charge in [0.25, 0.3) is 0 Å². The van der Waals surface area contributed by atoms with Crippen molar-refractivity contribution < 1.29 is 9.47 Å². The lowest BCUT2D eigenvalue weighted by molar-refractivity contribution is 0.171. The topological polar surface area (TPSA) is 67.8 Å². The fourth-order valence-corrected chi connectivity index (χ4v) is 3.57. The number of aromatic nitrogens is 1. The number of thiazole rings is 1. The number of hydrogen-bond donors (Lipinski definition) is 2. The number of hydrogen-bond acceptors (Lipinski definition) is 5. The lowest BCUT2D eigenvalue weighted by atomic mass is 9.84. The number of halogens is 1. The second-order valence-corrected chi connectivity index (χ2v) is 8.26. The van der Waals surface area contributed by atoms with Gasteiger partial charge in [-0.3, -0.25) is 4.99 Å². The number of aliphatic imine (C=N–C) groups is 1. The molecule has 0 radical (unpaired) electrons. The van der Waals surface area contributed by atoms with Crippen LogP contribution >= 0.6 is 35.3 Å². The molecule has 0 aliphatic carbocycles. The van der Waals surface area contributed by atoms with E-state index >= 15 is 0 Å². The van der Waals surface area contributed by atoms with Gasteiger partial charge in [-0.05, 0) is 24.6 Å². The first-order chi connectivity index (χ1) is 13.0. The summed E-state index contributed by atoms with van der Waals surface area (Å²) in [6, 6.07) is 6.18. The molecule has 8 heteroatoms. The minimum absolute atomic E-state index is 0. The van der Waals surface area contributed by atoms with Gasteiger partial charge in [0.2, 0.25) is 0 Å². The third-order valence-corrected chi connectivity index (χ3v) is 5.41. The van der Waals surface area contributed by atoms with E-state index in [1.54, 1.807) is 18.4 Å². The summed E-state index contributed by atoms with van der Waals surface area (Å²) in [6.45, 7) is 9.20. The van der Waals surface area contributed by atoms with Crippen molar-refractivity contribution in [1.29, 1.82) is 0 Å². The van der Waals surface area contributed by atoms with Gasteiger partial charge in [0, 0.05) is 37.4 Å². The molecular formula is C20H29IN4O2S. The van der Waals surface area contributed by atoms with Crippen molar-refractivity contribution in [3.8, 4) is 11.5 Å². The SMILES string of the molecule is CN=C(NCCc1csc(C)n1)NCC(C)(C)c1ccc2c(c1)OCCO2.I. The molecule has 0 amide bonds. The molecule has 0 atom stereocenters. The molecule has 1 aromatic carbocycles. The Balaban J connectivity index is 0.00000280. The van der Waals surface area contributed by atoms with Gasteiger partial charge in [-0.25, -0.2) is 4.98 Å². The van der Waals surface area contributed by atoms with Crippen molar-refractivity contribution in [3.05, 3.63) is 39.8 Å². The minimum atomic E-state index is -0.0838. The molecule has 2 aromatic rings. The van der Waals surface area contributed by atoms with Crippen LogP contribution in [-0.2, 0) is 11.8 Å². The van der Waals surface area contributed by atoms with E-state index in [-0.39, 0.29) is 29.4 Å². The molecule has 154 valence electrons. The monoisotopic (exact) mass is 516 g/mol. The van der Waals surface area contributed by atoms with Gasteiger partial charge in [0.05, 0.1) is 10.7 Å². The van der Waals surface area contributed by atoms with Gasteiger partial charge < -0.3 is 20.1 Å². The molecule has 28 heavy (non-hydrogen) atoms. The number of ether oxygens (including phenoxy) is 2. The summed E-state index contributed by atoms with van der Waals surface area (Å²) in [5.74, 6) is 2.45. The number of nitrogens with zero attached hydrogens (tertiary/aromatic N) is 2. The average Bonchev–Trinajstić information content (AvgIpc) is 3.09. The van der Waals surface area contributed by atoms with Crippen LogP contribution in [0.1, 0.15) is 30.1 Å². The Bertz CT molecular complexity index is 807. The number of benzene rings is 1. The number of rotatable bonds is 6. The molecule has 0 saturated heterocycles. The smallest absolute Gasteiger partial charge is 0.191 e. The highest BCUT2D eigenvalue weighted by molar-refractivity contribution is 14.0. The highest BCUT2D eigenvalue weighted by Gasteiger charge is 2.23. The van der Waals surface area contributed by atoms with Crippen molar-refractivity contribution in [2.24, 2.45) is 4.99 Å². The lowest BCUT2D eigenvalue weighted by Crippen LogP contribution is -2.44. The number of aryl methyl sites for hydroxylation is 1. The van der Waals surface area contributed by atoms with Gasteiger partial charge in [-0.1, -0.05) is 19.9 Å². The number of nitrogens with one attached hydrogen (secondary N) is 2. The minimum Gasteiger partial charge on any atom is -0.486 e. The molecule has 1 aliphatic heterocycles. The van der Waals surface area contributed by atoms with E-state index in [1.807, 2.05) is 13.0 Å². The van der Waals surface area contributed by atoms with Crippen molar-refractivity contribution in [2.45, 2.75) is 32.6 Å². The Hall–Kier alpha value is -1.55. The molecule has 2 heterocycles. The summed E-state index contributed by atoms with van der Waals surface area (Å²) in [6.07, 6.45) is 0.886. The van der Waals surface area contributed by atoms with Gasteiger partial charge >= 0.3 is 0 Å².